The number of hydrogen-bond donors (Lipinski definition) is 3. The maximum absolute atomic E-state index is 12.6. The maximum atomic E-state index is 12.6. The van der Waals surface area contributed by atoms with Crippen LogP contribution in [-0.2, 0) is 14.3 Å². The smallest absolute Gasteiger partial charge is 0.338 e. The van der Waals surface area contributed by atoms with E-state index in [1.54, 1.807) is 62.4 Å². The average Bonchev–Trinajstić information content (AvgIpc) is 3.44. The van der Waals surface area contributed by atoms with Crippen molar-refractivity contribution in [3.05, 3.63) is 87.3 Å². The summed E-state index contributed by atoms with van der Waals surface area (Å²) in [6.07, 6.45) is 1.25. The molecule has 3 N–H and O–H groups in total. The lowest BCUT2D eigenvalue weighted by Gasteiger charge is -2.28. The first kappa shape index (κ1) is 29.3. The highest BCUT2D eigenvalue weighted by molar-refractivity contribution is 5.95. The van der Waals surface area contributed by atoms with Crippen molar-refractivity contribution in [1.29, 1.82) is 0 Å². The molecule has 1 aromatic heterocycles. The summed E-state index contributed by atoms with van der Waals surface area (Å²) < 4.78 is 21.7. The molecule has 2 aromatic carbocycles. The number of urea groups is 1. The summed E-state index contributed by atoms with van der Waals surface area (Å²) in [4.78, 5) is 47.7. The van der Waals surface area contributed by atoms with E-state index in [-0.39, 0.29) is 40.9 Å². The molecule has 218 valence electrons. The van der Waals surface area contributed by atoms with Gasteiger partial charge in [-0.3, -0.25) is 14.9 Å². The molecule has 0 saturated carbocycles. The standard InChI is InChI=1S/C28H27N5O9/c1-4-40-27(35)25-16(2)30-28(36)31-26(25)17-9-11-22(23(13-17)39-3)41-15-24(34)32-29-14-18-10-12-21(42-18)19-7-5-6-8-20(19)33(37)38/h5-14,26H,4,15H2,1-3H3,(H,32,34)(H2,30,31,36)/b29-14-/t26-/m1/s1. The molecule has 3 amide bonds. The van der Waals surface area contributed by atoms with Crippen molar-refractivity contribution >= 4 is 29.8 Å². The van der Waals surface area contributed by atoms with Crippen LogP contribution < -0.4 is 25.5 Å². The quantitative estimate of drug-likeness (QED) is 0.133. The zero-order chi connectivity index (χ0) is 30.2. The number of furan rings is 1. The lowest BCUT2D eigenvalue weighted by molar-refractivity contribution is -0.384. The number of nitrogens with zero attached hydrogens (tertiary/aromatic N) is 2. The molecule has 14 heteroatoms. The Balaban J connectivity index is 1.39. The first-order valence-corrected chi connectivity index (χ1v) is 12.6. The number of hydrazone groups is 1. The van der Waals surface area contributed by atoms with Crippen molar-refractivity contribution < 1.29 is 37.9 Å². The van der Waals surface area contributed by atoms with E-state index >= 15 is 0 Å². The Hall–Kier alpha value is -5.66. The molecule has 1 aliphatic heterocycles. The lowest BCUT2D eigenvalue weighted by atomic mass is 9.95. The van der Waals surface area contributed by atoms with E-state index in [1.165, 1.54) is 19.4 Å². The van der Waals surface area contributed by atoms with Crippen LogP contribution in [0.3, 0.4) is 0 Å². The Bertz CT molecular complexity index is 1580. The minimum Gasteiger partial charge on any atom is -0.493 e. The summed E-state index contributed by atoms with van der Waals surface area (Å²) >= 11 is 0. The van der Waals surface area contributed by atoms with Crippen molar-refractivity contribution in [3.8, 4) is 22.8 Å². The summed E-state index contributed by atoms with van der Waals surface area (Å²) in [6.45, 7) is 3.04. The van der Waals surface area contributed by atoms with Gasteiger partial charge in [0.15, 0.2) is 18.1 Å². The number of nitro groups is 1. The second kappa shape index (κ2) is 13.1. The van der Waals surface area contributed by atoms with Gasteiger partial charge in [-0.2, -0.15) is 5.10 Å². The Kier molecular flexibility index (Phi) is 9.17. The molecule has 3 aromatic rings. The maximum Gasteiger partial charge on any atom is 0.338 e. The third-order valence-corrected chi connectivity index (χ3v) is 6.02. The summed E-state index contributed by atoms with van der Waals surface area (Å²) in [5.74, 6) is -0.126. The molecule has 0 aliphatic carbocycles. The van der Waals surface area contributed by atoms with Crippen LogP contribution in [0.5, 0.6) is 11.5 Å². The van der Waals surface area contributed by atoms with Gasteiger partial charge >= 0.3 is 12.0 Å². The number of hydrogen-bond acceptors (Lipinski definition) is 10. The third kappa shape index (κ3) is 6.72. The van der Waals surface area contributed by atoms with Crippen LogP contribution in [0.2, 0.25) is 0 Å². The summed E-state index contributed by atoms with van der Waals surface area (Å²) in [7, 11) is 1.41. The minimum absolute atomic E-state index is 0.101. The van der Waals surface area contributed by atoms with Gasteiger partial charge in [-0.25, -0.2) is 15.0 Å². The highest BCUT2D eigenvalue weighted by Crippen LogP contribution is 2.35. The van der Waals surface area contributed by atoms with Gasteiger partial charge in [0.1, 0.15) is 11.5 Å². The molecule has 4 rings (SSSR count). The van der Waals surface area contributed by atoms with E-state index in [1.807, 2.05) is 0 Å². The van der Waals surface area contributed by atoms with E-state index in [0.29, 0.717) is 16.8 Å². The number of rotatable bonds is 11. The summed E-state index contributed by atoms with van der Waals surface area (Å²) in [5, 5.41) is 20.4. The number of nitrogens with one attached hydrogen (secondary N) is 3. The predicted octanol–water partition coefficient (Wildman–Crippen LogP) is 3.58. The molecule has 0 saturated heterocycles. The van der Waals surface area contributed by atoms with E-state index in [2.05, 4.69) is 21.2 Å². The van der Waals surface area contributed by atoms with Crippen LogP contribution in [0.25, 0.3) is 11.3 Å². The summed E-state index contributed by atoms with van der Waals surface area (Å²) in [6, 6.07) is 12.8. The Morgan fingerprint density at radius 3 is 2.69 bits per heavy atom. The molecule has 42 heavy (non-hydrogen) atoms. The Labute approximate surface area is 239 Å². The van der Waals surface area contributed by atoms with E-state index in [0.717, 1.165) is 0 Å². The molecular formula is C28H27N5O9. The fourth-order valence-electron chi connectivity index (χ4n) is 4.16. The minimum atomic E-state index is -0.798. The zero-order valence-corrected chi connectivity index (χ0v) is 22.8. The van der Waals surface area contributed by atoms with Gasteiger partial charge in [-0.1, -0.05) is 18.2 Å². The molecule has 0 fully saturated rings. The predicted molar refractivity (Wildman–Crippen MR) is 149 cm³/mol. The van der Waals surface area contributed by atoms with Crippen LogP contribution in [-0.4, -0.2) is 49.4 Å². The van der Waals surface area contributed by atoms with Gasteiger partial charge in [0, 0.05) is 11.8 Å². The van der Waals surface area contributed by atoms with Gasteiger partial charge in [0.25, 0.3) is 11.6 Å². The number of nitro benzene ring substituents is 1. The monoisotopic (exact) mass is 577 g/mol. The number of ether oxygens (including phenoxy) is 3. The largest absolute Gasteiger partial charge is 0.493 e. The van der Waals surface area contributed by atoms with E-state index in [4.69, 9.17) is 18.6 Å². The van der Waals surface area contributed by atoms with Crippen molar-refractivity contribution in [1.82, 2.24) is 16.1 Å². The van der Waals surface area contributed by atoms with Gasteiger partial charge in [-0.05, 0) is 49.7 Å². The first-order chi connectivity index (χ1) is 20.2. The van der Waals surface area contributed by atoms with Gasteiger partial charge < -0.3 is 29.3 Å². The Morgan fingerprint density at radius 1 is 1.17 bits per heavy atom. The number of carbonyl (C=O) groups excluding carboxylic acids is 3. The number of esters is 1. The zero-order valence-electron chi connectivity index (χ0n) is 22.8. The number of methoxy groups -OCH3 is 1. The van der Waals surface area contributed by atoms with Crippen LogP contribution in [0.1, 0.15) is 31.2 Å². The Morgan fingerprint density at radius 2 is 1.95 bits per heavy atom. The lowest BCUT2D eigenvalue weighted by Crippen LogP contribution is -2.45. The van der Waals surface area contributed by atoms with E-state index < -0.39 is 35.5 Å². The number of allylic oxidation sites excluding steroid dienone is 1. The van der Waals surface area contributed by atoms with Gasteiger partial charge in [0.2, 0.25) is 0 Å². The van der Waals surface area contributed by atoms with Crippen LogP contribution in [0.4, 0.5) is 10.5 Å². The molecular weight excluding hydrogens is 550 g/mol. The summed E-state index contributed by atoms with van der Waals surface area (Å²) in [5.41, 5.74) is 3.66. The highest BCUT2D eigenvalue weighted by Gasteiger charge is 2.32. The number of benzene rings is 2. The topological polar surface area (TPSA) is 184 Å². The number of amides is 3. The van der Waals surface area contributed by atoms with Crippen molar-refractivity contribution in [2.45, 2.75) is 19.9 Å². The fourth-order valence-corrected chi connectivity index (χ4v) is 4.16. The fraction of sp³-hybridized carbons (Fsp3) is 0.214. The van der Waals surface area contributed by atoms with Crippen LogP contribution in [0.15, 0.2) is 75.4 Å². The van der Waals surface area contributed by atoms with Gasteiger partial charge in [-0.15, -0.1) is 0 Å². The normalized spacial score (nSPS) is 14.6. The third-order valence-electron chi connectivity index (χ3n) is 6.02. The molecule has 0 unspecified atom stereocenters. The molecule has 0 radical (unpaired) electrons. The number of carbonyl (C=O) groups is 3. The van der Waals surface area contributed by atoms with Crippen molar-refractivity contribution in [3.63, 3.8) is 0 Å². The molecule has 14 nitrogen and oxygen atoms in total. The molecule has 2 heterocycles. The van der Waals surface area contributed by atoms with Crippen LogP contribution >= 0.6 is 0 Å². The molecule has 1 aliphatic rings. The van der Waals surface area contributed by atoms with Crippen LogP contribution in [0, 0.1) is 10.1 Å². The number of para-hydroxylation sites is 1. The second-order valence-corrected chi connectivity index (χ2v) is 8.76. The highest BCUT2D eigenvalue weighted by atomic mass is 16.6. The van der Waals surface area contributed by atoms with E-state index in [9.17, 15) is 24.5 Å². The first-order valence-electron chi connectivity index (χ1n) is 12.6. The molecule has 0 bridgehead atoms. The average molecular weight is 578 g/mol. The molecule has 1 atom stereocenters. The van der Waals surface area contributed by atoms with Crippen molar-refractivity contribution in [2.75, 3.05) is 20.3 Å². The van der Waals surface area contributed by atoms with Crippen molar-refractivity contribution in [2.24, 2.45) is 5.10 Å². The second-order valence-electron chi connectivity index (χ2n) is 8.76. The molecule has 0 spiro atoms. The SMILES string of the molecule is CCOC(=O)C1=C(C)NC(=O)N[C@@H]1c1ccc(OCC(=O)N/N=C\c2ccc(-c3ccccc3[N+](=O)[O-])o2)c(OC)c1. The van der Waals surface area contributed by atoms with Gasteiger partial charge in [0.05, 0.1) is 42.0 Å².